The molecule has 0 aromatic heterocycles. The van der Waals surface area contributed by atoms with Crippen LogP contribution < -0.4 is 5.32 Å². The Morgan fingerprint density at radius 3 is 2.25 bits per heavy atom. The van der Waals surface area contributed by atoms with E-state index in [9.17, 15) is 19.5 Å². The van der Waals surface area contributed by atoms with E-state index in [1.165, 1.54) is 7.05 Å². The number of nitrogens with one attached hydrogen (secondary N) is 1. The van der Waals surface area contributed by atoms with Crippen molar-refractivity contribution >= 4 is 18.0 Å². The van der Waals surface area contributed by atoms with Crippen molar-refractivity contribution in [3.8, 4) is 0 Å². The van der Waals surface area contributed by atoms with Crippen molar-refractivity contribution in [3.63, 3.8) is 0 Å². The summed E-state index contributed by atoms with van der Waals surface area (Å²) in [5.74, 6) is -1.93. The molecule has 1 rings (SSSR count). The molecule has 0 aliphatic carbocycles. The highest BCUT2D eigenvalue weighted by atomic mass is 16.6. The Hall–Kier alpha value is -2.41. The van der Waals surface area contributed by atoms with Gasteiger partial charge in [-0.2, -0.15) is 0 Å². The van der Waals surface area contributed by atoms with Gasteiger partial charge in [-0.3, -0.25) is 4.79 Å². The fraction of sp³-hybridized carbons (Fsp3) is 0.471. The number of carbonyl (C=O) groups excluding carboxylic acids is 2. The second kappa shape index (κ2) is 8.44. The van der Waals surface area contributed by atoms with Crippen molar-refractivity contribution in [1.29, 1.82) is 0 Å². The van der Waals surface area contributed by atoms with Gasteiger partial charge in [0.25, 0.3) is 0 Å². The molecule has 2 N–H and O–H groups in total. The molecule has 1 atom stereocenters. The number of likely N-dealkylation sites (N-methyl/N-ethyl adjacent to an activating group) is 1. The number of rotatable bonds is 6. The largest absolute Gasteiger partial charge is 0.480 e. The Balaban J connectivity index is 3.13. The molecule has 0 spiro atoms. The van der Waals surface area contributed by atoms with Gasteiger partial charge in [0, 0.05) is 6.42 Å². The third kappa shape index (κ3) is 6.00. The SMILES string of the molecule is CNCC(=O)N(C(=O)OC(C)(C)C)[C@@H](Cc1ccccc1)C(=O)O. The third-order valence-corrected chi connectivity index (χ3v) is 3.06. The minimum atomic E-state index is -1.34. The summed E-state index contributed by atoms with van der Waals surface area (Å²) >= 11 is 0. The van der Waals surface area contributed by atoms with Gasteiger partial charge >= 0.3 is 12.1 Å². The van der Waals surface area contributed by atoms with E-state index in [1.807, 2.05) is 0 Å². The van der Waals surface area contributed by atoms with Crippen LogP contribution in [0.25, 0.3) is 0 Å². The molecule has 0 radical (unpaired) electrons. The zero-order chi connectivity index (χ0) is 18.3. The molecule has 2 amide bonds. The Morgan fingerprint density at radius 1 is 1.21 bits per heavy atom. The Morgan fingerprint density at radius 2 is 1.79 bits per heavy atom. The van der Waals surface area contributed by atoms with Gasteiger partial charge in [0.1, 0.15) is 11.6 Å². The number of carbonyl (C=O) groups is 3. The van der Waals surface area contributed by atoms with Gasteiger partial charge in [-0.15, -0.1) is 0 Å². The highest BCUT2D eigenvalue weighted by Crippen LogP contribution is 2.16. The zero-order valence-electron chi connectivity index (χ0n) is 14.4. The first-order valence-electron chi connectivity index (χ1n) is 7.62. The third-order valence-electron chi connectivity index (χ3n) is 3.06. The first-order chi connectivity index (χ1) is 11.2. The molecule has 0 aliphatic rings. The van der Waals surface area contributed by atoms with E-state index in [1.54, 1.807) is 51.1 Å². The molecule has 0 unspecified atom stereocenters. The van der Waals surface area contributed by atoms with Crippen molar-refractivity contribution in [2.45, 2.75) is 38.8 Å². The van der Waals surface area contributed by atoms with E-state index in [-0.39, 0.29) is 13.0 Å². The Bertz CT molecular complexity index is 580. The summed E-state index contributed by atoms with van der Waals surface area (Å²) in [6, 6.07) is 7.47. The van der Waals surface area contributed by atoms with E-state index in [4.69, 9.17) is 4.74 Å². The van der Waals surface area contributed by atoms with Gasteiger partial charge < -0.3 is 15.2 Å². The topological polar surface area (TPSA) is 95.9 Å². The Kier molecular flexibility index (Phi) is 6.91. The van der Waals surface area contributed by atoms with E-state index >= 15 is 0 Å². The standard InChI is InChI=1S/C17H24N2O5/c1-17(2,3)24-16(23)19(14(20)11-18-4)13(15(21)22)10-12-8-6-5-7-9-12/h5-9,13,18H,10-11H2,1-4H3,(H,21,22)/t13-/m0/s1. The van der Waals surface area contributed by atoms with Crippen LogP contribution in [0.2, 0.25) is 0 Å². The minimum Gasteiger partial charge on any atom is -0.480 e. The first-order valence-corrected chi connectivity index (χ1v) is 7.62. The molecule has 0 saturated heterocycles. The summed E-state index contributed by atoms with van der Waals surface area (Å²) in [5, 5.41) is 12.2. The number of aliphatic carboxylic acids is 1. The molecule has 0 bridgehead atoms. The highest BCUT2D eigenvalue weighted by molar-refractivity contribution is 5.97. The van der Waals surface area contributed by atoms with Crippen molar-refractivity contribution < 1.29 is 24.2 Å². The van der Waals surface area contributed by atoms with Gasteiger partial charge in [-0.25, -0.2) is 14.5 Å². The lowest BCUT2D eigenvalue weighted by molar-refractivity contribution is -0.149. The lowest BCUT2D eigenvalue weighted by atomic mass is 10.0. The van der Waals surface area contributed by atoms with Crippen LogP contribution in [0.1, 0.15) is 26.3 Å². The van der Waals surface area contributed by atoms with E-state index in [0.29, 0.717) is 10.5 Å². The first kappa shape index (κ1) is 19.6. The maximum Gasteiger partial charge on any atom is 0.417 e. The molecule has 0 heterocycles. The average Bonchev–Trinajstić information content (AvgIpc) is 2.46. The number of carboxylic acids is 1. The molecule has 7 heteroatoms. The van der Waals surface area contributed by atoms with Gasteiger partial charge in [0.05, 0.1) is 6.54 Å². The van der Waals surface area contributed by atoms with Crippen molar-refractivity contribution in [3.05, 3.63) is 35.9 Å². The maximum atomic E-state index is 12.4. The highest BCUT2D eigenvalue weighted by Gasteiger charge is 2.37. The number of imide groups is 1. The summed E-state index contributed by atoms with van der Waals surface area (Å²) in [6.07, 6.45) is -0.962. The number of ether oxygens (including phenoxy) is 1. The predicted octanol–water partition coefficient (Wildman–Crippen LogP) is 1.67. The zero-order valence-corrected chi connectivity index (χ0v) is 14.4. The molecule has 24 heavy (non-hydrogen) atoms. The quantitative estimate of drug-likeness (QED) is 0.820. The van der Waals surface area contributed by atoms with Crippen molar-refractivity contribution in [1.82, 2.24) is 10.2 Å². The average molecular weight is 336 g/mol. The van der Waals surface area contributed by atoms with Crippen molar-refractivity contribution in [2.24, 2.45) is 0 Å². The Labute approximate surface area is 141 Å². The molecule has 0 fully saturated rings. The molecule has 0 aliphatic heterocycles. The molecule has 1 aromatic rings. The van der Waals surface area contributed by atoms with Crippen LogP contribution >= 0.6 is 0 Å². The summed E-state index contributed by atoms with van der Waals surface area (Å²) in [7, 11) is 1.54. The van der Waals surface area contributed by atoms with Crippen LogP contribution in [0, 0.1) is 0 Å². The summed E-state index contributed by atoms with van der Waals surface area (Å²) in [4.78, 5) is 37.1. The molecular weight excluding hydrogens is 312 g/mol. The molecule has 0 saturated carbocycles. The minimum absolute atomic E-state index is 0.00483. The number of carboxylic acid groups (broad SMARTS) is 1. The molecule has 132 valence electrons. The number of hydrogen-bond donors (Lipinski definition) is 2. The lowest BCUT2D eigenvalue weighted by Gasteiger charge is -2.30. The normalized spacial score (nSPS) is 12.3. The van der Waals surface area contributed by atoms with Gasteiger partial charge in [0.15, 0.2) is 0 Å². The lowest BCUT2D eigenvalue weighted by Crippen LogP contribution is -2.53. The van der Waals surface area contributed by atoms with Gasteiger partial charge in [-0.1, -0.05) is 30.3 Å². The summed E-state index contributed by atoms with van der Waals surface area (Å²) in [6.45, 7) is 4.79. The maximum absolute atomic E-state index is 12.4. The predicted molar refractivity (Wildman–Crippen MR) is 88.6 cm³/mol. The smallest absolute Gasteiger partial charge is 0.417 e. The number of nitrogens with zero attached hydrogens (tertiary/aromatic N) is 1. The molecular formula is C17H24N2O5. The summed E-state index contributed by atoms with van der Waals surface area (Å²) < 4.78 is 5.21. The van der Waals surface area contributed by atoms with Crippen LogP contribution in [0.4, 0.5) is 4.79 Å². The molecule has 1 aromatic carbocycles. The van der Waals surface area contributed by atoms with Gasteiger partial charge in [0.2, 0.25) is 5.91 Å². The fourth-order valence-electron chi connectivity index (χ4n) is 2.08. The number of amides is 2. The second-order valence-electron chi connectivity index (χ2n) is 6.32. The summed E-state index contributed by atoms with van der Waals surface area (Å²) in [5.41, 5.74) is -0.138. The van der Waals surface area contributed by atoms with Crippen LogP contribution in [-0.2, 0) is 20.7 Å². The van der Waals surface area contributed by atoms with E-state index < -0.39 is 29.6 Å². The number of benzene rings is 1. The number of hydrogen-bond acceptors (Lipinski definition) is 5. The molecule has 7 nitrogen and oxygen atoms in total. The van der Waals surface area contributed by atoms with E-state index in [2.05, 4.69) is 5.32 Å². The van der Waals surface area contributed by atoms with E-state index in [0.717, 1.165) is 0 Å². The van der Waals surface area contributed by atoms with Crippen LogP contribution in [0.3, 0.4) is 0 Å². The van der Waals surface area contributed by atoms with Crippen LogP contribution in [0.15, 0.2) is 30.3 Å². The van der Waals surface area contributed by atoms with Crippen LogP contribution in [-0.4, -0.2) is 53.2 Å². The van der Waals surface area contributed by atoms with Crippen LogP contribution in [0.5, 0.6) is 0 Å². The fourth-order valence-corrected chi connectivity index (χ4v) is 2.08. The van der Waals surface area contributed by atoms with Gasteiger partial charge in [-0.05, 0) is 33.4 Å². The van der Waals surface area contributed by atoms with Crippen molar-refractivity contribution in [2.75, 3.05) is 13.6 Å². The second-order valence-corrected chi connectivity index (χ2v) is 6.32. The monoisotopic (exact) mass is 336 g/mol.